The van der Waals surface area contributed by atoms with E-state index in [4.69, 9.17) is 20.1 Å². The quantitative estimate of drug-likeness (QED) is 0.131. The lowest BCUT2D eigenvalue weighted by Gasteiger charge is -2.49. The minimum atomic E-state index is 0.0912. The van der Waals surface area contributed by atoms with E-state index in [1.54, 1.807) is 38.7 Å². The average Bonchev–Trinajstić information content (AvgIpc) is 1.79. The molecule has 0 spiro atoms. The maximum atomic E-state index is 9.63. The minimum absolute atomic E-state index is 0.0912. The summed E-state index contributed by atoms with van der Waals surface area (Å²) in [6.45, 7) is 26.6. The van der Waals surface area contributed by atoms with Crippen LogP contribution in [-0.2, 0) is 7.05 Å². The molecule has 0 saturated carbocycles. The van der Waals surface area contributed by atoms with E-state index in [9.17, 15) is 5.26 Å². The molecule has 0 amide bonds. The average molecular weight is 1260 g/mol. The van der Waals surface area contributed by atoms with Crippen LogP contribution in [-0.4, -0.2) is 115 Å². The van der Waals surface area contributed by atoms with E-state index in [2.05, 4.69) is 212 Å². The number of fused-ring (bicyclic) bond motifs is 6. The molecule has 3 aliphatic rings. The highest BCUT2D eigenvalue weighted by Crippen LogP contribution is 2.41. The Labute approximate surface area is 538 Å². The molecule has 3 N–H and O–H groups in total. The summed E-state index contributed by atoms with van der Waals surface area (Å²) >= 11 is 5.31. The molecule has 3 aliphatic heterocycles. The zero-order valence-electron chi connectivity index (χ0n) is 54.2. The van der Waals surface area contributed by atoms with Crippen LogP contribution in [0, 0.1) is 32.1 Å². The molecule has 0 unspecified atom stereocenters. The number of pyridine rings is 2. The Morgan fingerprint density at radius 3 is 1.78 bits per heavy atom. The van der Waals surface area contributed by atoms with E-state index in [0.29, 0.717) is 23.6 Å². The fourth-order valence-corrected chi connectivity index (χ4v) is 17.5. The monoisotopic (exact) mass is 1260 g/mol. The second-order valence-electron chi connectivity index (χ2n) is 27.9. The molecular formula is C70H81N17S3. The van der Waals surface area contributed by atoms with E-state index in [1.165, 1.54) is 20.8 Å². The molecule has 15 rings (SSSR count). The number of hydrogen-bond acceptors (Lipinski definition) is 17. The van der Waals surface area contributed by atoms with E-state index < -0.39 is 0 Å². The first-order valence-electron chi connectivity index (χ1n) is 31.3. The van der Waals surface area contributed by atoms with Gasteiger partial charge >= 0.3 is 0 Å². The van der Waals surface area contributed by atoms with Gasteiger partial charge in [0.2, 0.25) is 0 Å². The number of anilines is 2. The Bertz CT molecular complexity index is 4680. The van der Waals surface area contributed by atoms with Crippen LogP contribution in [0.5, 0.6) is 0 Å². The highest BCUT2D eigenvalue weighted by Gasteiger charge is 2.41. The van der Waals surface area contributed by atoms with Crippen molar-refractivity contribution in [1.82, 2.24) is 69.6 Å². The Morgan fingerprint density at radius 1 is 0.589 bits per heavy atom. The fraction of sp³-hybridized carbons (Fsp3) is 0.414. The van der Waals surface area contributed by atoms with Gasteiger partial charge in [-0.2, -0.15) is 15.5 Å². The van der Waals surface area contributed by atoms with Gasteiger partial charge in [-0.1, -0.05) is 34.8 Å². The predicted molar refractivity (Wildman–Crippen MR) is 372 cm³/mol. The molecule has 0 bridgehead atoms. The van der Waals surface area contributed by atoms with Crippen molar-refractivity contribution in [2.75, 3.05) is 37.0 Å². The Balaban J connectivity index is 0.000000125. The number of nitrogens with zero attached hydrogens (tertiary/aromatic N) is 14. The molecule has 9 aromatic heterocycles. The number of benzene rings is 3. The summed E-state index contributed by atoms with van der Waals surface area (Å²) in [5.41, 5.74) is 16.2. The molecule has 3 aromatic carbocycles. The number of thiazole rings is 3. The van der Waals surface area contributed by atoms with Gasteiger partial charge in [-0.25, -0.2) is 34.4 Å². The first-order valence-corrected chi connectivity index (χ1v) is 33.7. The second kappa shape index (κ2) is 23.5. The number of aromatic nitrogens is 11. The molecule has 20 heteroatoms. The summed E-state index contributed by atoms with van der Waals surface area (Å²) in [7, 11) is 6.26. The van der Waals surface area contributed by atoms with Crippen LogP contribution in [0.25, 0.3) is 86.5 Å². The summed E-state index contributed by atoms with van der Waals surface area (Å²) < 4.78 is 9.24. The Morgan fingerprint density at radius 2 is 1.17 bits per heavy atom. The van der Waals surface area contributed by atoms with Gasteiger partial charge in [-0.05, 0) is 216 Å². The van der Waals surface area contributed by atoms with Gasteiger partial charge in [0.1, 0.15) is 17.2 Å². The topological polar surface area (TPSA) is 183 Å². The van der Waals surface area contributed by atoms with Crippen LogP contribution in [0.1, 0.15) is 127 Å². The summed E-state index contributed by atoms with van der Waals surface area (Å²) in [4.78, 5) is 33.2. The van der Waals surface area contributed by atoms with E-state index >= 15 is 0 Å². The number of hydrogen-bond donors (Lipinski definition) is 3. The van der Waals surface area contributed by atoms with Crippen LogP contribution in [0.3, 0.4) is 0 Å². The molecule has 12 heterocycles. The lowest BCUT2D eigenvalue weighted by molar-refractivity contribution is 0.160. The zero-order chi connectivity index (χ0) is 63.2. The van der Waals surface area contributed by atoms with Crippen molar-refractivity contribution in [3.05, 3.63) is 131 Å². The molecule has 3 saturated heterocycles. The SMILES string of the molecule is CN(c1nc2ccc(-c3cc(C#N)c4nn(C)cc4c3)cc2s1)C1CC(C)(C)NC(C)(C)C1.Cc1cn2cc(-c3ccc4nc(N(C)C5CC(C)(C)NC(C)(C)C5)sc4c3)ccc2n1.Cc1cn2nc(-c3cnc4nc(C5CCNCC5)sc4c3)cc(C)c2n1. The largest absolute Gasteiger partial charge is 0.348 e. The molecule has 12 aromatic rings. The van der Waals surface area contributed by atoms with Crippen molar-refractivity contribution in [2.24, 2.45) is 7.05 Å². The van der Waals surface area contributed by atoms with E-state index in [0.717, 1.165) is 149 Å². The van der Waals surface area contributed by atoms with Gasteiger partial charge in [-0.15, -0.1) is 11.3 Å². The highest BCUT2D eigenvalue weighted by molar-refractivity contribution is 7.22. The number of imidazole rings is 2. The van der Waals surface area contributed by atoms with Crippen molar-refractivity contribution in [3.8, 4) is 39.6 Å². The first kappa shape index (κ1) is 61.1. The first-order chi connectivity index (χ1) is 42.8. The van der Waals surface area contributed by atoms with Crippen molar-refractivity contribution in [3.63, 3.8) is 0 Å². The van der Waals surface area contributed by atoms with Crippen molar-refractivity contribution >= 4 is 97.3 Å². The number of piperidine rings is 3. The van der Waals surface area contributed by atoms with Crippen LogP contribution in [0.2, 0.25) is 0 Å². The highest BCUT2D eigenvalue weighted by atomic mass is 32.1. The van der Waals surface area contributed by atoms with Gasteiger partial charge in [0.25, 0.3) is 0 Å². The molecule has 90 heavy (non-hydrogen) atoms. The molecule has 3 fully saturated rings. The summed E-state index contributed by atoms with van der Waals surface area (Å²) in [5.74, 6) is 0.560. The second-order valence-corrected chi connectivity index (χ2v) is 31.0. The standard InChI is InChI=1S/C26H30N6S.C25H31N5S.C19H20N6S/c1-25(2)12-20(13-26(3,4)30-25)32(6)24-28-21-8-7-16(11-22(21)33-24)17-9-18(14-27)23-19(10-17)15-31(5)29-23;1-16-14-30-15-18(8-10-22(30)26-16)17-7-9-20-21(11-17)31-23(27-20)29(6)19-12-24(2,3)28-25(4,5)13-19;1-11-7-15(24-25-10-12(2)22-18(11)25)14-8-16-17(21-9-14)23-19(26-16)13-3-5-20-6-4-13/h7-11,15,20,30H,12-13H2,1-6H3;7-11,14-15,19,28H,12-13H2,1-6H3;7-10,13,20H,3-6H2,1-2H3. The van der Waals surface area contributed by atoms with E-state index in [-0.39, 0.29) is 22.2 Å². The van der Waals surface area contributed by atoms with Gasteiger partial charge < -0.3 is 30.2 Å². The number of nitriles is 1. The van der Waals surface area contributed by atoms with Crippen LogP contribution in [0.4, 0.5) is 10.3 Å². The van der Waals surface area contributed by atoms with Gasteiger partial charge in [0.15, 0.2) is 21.6 Å². The number of nitrogens with one attached hydrogen (secondary N) is 3. The normalized spacial score (nSPS) is 17.6. The predicted octanol–water partition coefficient (Wildman–Crippen LogP) is 14.6. The number of aryl methyl sites for hydroxylation is 4. The third-order valence-electron chi connectivity index (χ3n) is 17.8. The van der Waals surface area contributed by atoms with Crippen molar-refractivity contribution in [2.45, 2.75) is 155 Å². The zero-order valence-corrected chi connectivity index (χ0v) is 56.6. The lowest BCUT2D eigenvalue weighted by Crippen LogP contribution is -2.61. The van der Waals surface area contributed by atoms with Gasteiger partial charge in [0.05, 0.1) is 59.0 Å². The number of rotatable bonds is 8. The van der Waals surface area contributed by atoms with Crippen LogP contribution < -0.4 is 25.8 Å². The fourth-order valence-electron chi connectivity index (χ4n) is 14.3. The Kier molecular flexibility index (Phi) is 15.9. The smallest absolute Gasteiger partial charge is 0.186 e. The minimum Gasteiger partial charge on any atom is -0.348 e. The van der Waals surface area contributed by atoms with Crippen molar-refractivity contribution < 1.29 is 0 Å². The molecule has 0 aliphatic carbocycles. The molecular weight excluding hydrogens is 1180 g/mol. The summed E-state index contributed by atoms with van der Waals surface area (Å²) in [6, 6.07) is 28.7. The molecule has 0 radical (unpaired) electrons. The molecule has 17 nitrogen and oxygen atoms in total. The molecule has 0 atom stereocenters. The summed E-state index contributed by atoms with van der Waals surface area (Å²) in [6.07, 6.45) is 16.7. The van der Waals surface area contributed by atoms with E-state index in [1.807, 2.05) is 50.1 Å². The Hall–Kier alpha value is -7.77. The lowest BCUT2D eigenvalue weighted by atomic mass is 9.79. The summed E-state index contributed by atoms with van der Waals surface area (Å²) in [5, 5.41) is 34.1. The van der Waals surface area contributed by atoms with Crippen molar-refractivity contribution in [1.29, 1.82) is 5.26 Å². The molecule has 464 valence electrons. The van der Waals surface area contributed by atoms with Gasteiger partial charge in [-0.3, -0.25) is 4.68 Å². The van der Waals surface area contributed by atoms with Crippen LogP contribution >= 0.6 is 34.0 Å². The van der Waals surface area contributed by atoms with Gasteiger partial charge in [0, 0.05) is 97.0 Å². The van der Waals surface area contributed by atoms with Crippen LogP contribution in [0.15, 0.2) is 104 Å². The third kappa shape index (κ3) is 12.8. The maximum absolute atomic E-state index is 9.63. The third-order valence-corrected chi connectivity index (χ3v) is 21.2. The maximum Gasteiger partial charge on any atom is 0.186 e.